The molecule has 8 heteroatoms. The zero-order chi connectivity index (χ0) is 22.8. The van der Waals surface area contributed by atoms with Crippen molar-refractivity contribution in [3.05, 3.63) is 59.7 Å². The molecule has 0 atom stereocenters. The number of carbonyl (C=O) groups is 3. The lowest BCUT2D eigenvalue weighted by Gasteiger charge is -2.15. The molecule has 0 radical (unpaired) electrons. The molecule has 3 N–H and O–H groups in total. The van der Waals surface area contributed by atoms with E-state index in [1.807, 2.05) is 4.90 Å². The van der Waals surface area contributed by atoms with Crippen LogP contribution in [0.15, 0.2) is 48.5 Å². The summed E-state index contributed by atoms with van der Waals surface area (Å²) in [6.07, 6.45) is 2.85. The molecule has 1 aliphatic heterocycles. The first-order valence-electron chi connectivity index (χ1n) is 10.9. The summed E-state index contributed by atoms with van der Waals surface area (Å²) in [5.74, 6) is -0.381. The summed E-state index contributed by atoms with van der Waals surface area (Å²) in [6.45, 7) is 2.80. The number of anilines is 2. The van der Waals surface area contributed by atoms with Crippen molar-refractivity contribution in [3.8, 4) is 0 Å². The van der Waals surface area contributed by atoms with Crippen molar-refractivity contribution in [2.45, 2.75) is 19.3 Å². The molecule has 0 spiro atoms. The maximum absolute atomic E-state index is 12.4. The number of methoxy groups -OCH3 is 1. The highest BCUT2D eigenvalue weighted by Gasteiger charge is 2.19. The lowest BCUT2D eigenvalue weighted by Crippen LogP contribution is -2.27. The highest BCUT2D eigenvalue weighted by atomic mass is 16.5. The molecule has 0 saturated carbocycles. The normalized spacial score (nSPS) is 13.0. The Balaban J connectivity index is 1.46. The summed E-state index contributed by atoms with van der Waals surface area (Å²) in [5, 5.41) is 8.66. The van der Waals surface area contributed by atoms with Gasteiger partial charge in [0.2, 0.25) is 5.91 Å². The van der Waals surface area contributed by atoms with Gasteiger partial charge in [-0.1, -0.05) is 6.07 Å². The third kappa shape index (κ3) is 6.81. The van der Waals surface area contributed by atoms with E-state index in [9.17, 15) is 14.4 Å². The second-order valence-electron chi connectivity index (χ2n) is 7.66. The molecule has 8 nitrogen and oxygen atoms in total. The van der Waals surface area contributed by atoms with Gasteiger partial charge in [-0.05, 0) is 61.7 Å². The number of amides is 3. The van der Waals surface area contributed by atoms with Crippen LogP contribution in [0.1, 0.15) is 40.0 Å². The van der Waals surface area contributed by atoms with Crippen LogP contribution in [-0.2, 0) is 9.53 Å². The molecule has 1 heterocycles. The van der Waals surface area contributed by atoms with Gasteiger partial charge in [-0.25, -0.2) is 0 Å². The molecular weight excluding hydrogens is 408 g/mol. The van der Waals surface area contributed by atoms with E-state index in [0.717, 1.165) is 38.0 Å². The van der Waals surface area contributed by atoms with E-state index in [1.165, 1.54) is 0 Å². The molecule has 1 fully saturated rings. The molecule has 0 aromatic heterocycles. The first-order valence-corrected chi connectivity index (χ1v) is 10.9. The van der Waals surface area contributed by atoms with E-state index >= 15 is 0 Å². The fraction of sp³-hybridized carbons (Fsp3) is 0.375. The van der Waals surface area contributed by atoms with Crippen LogP contribution >= 0.6 is 0 Å². The van der Waals surface area contributed by atoms with E-state index in [4.69, 9.17) is 4.74 Å². The van der Waals surface area contributed by atoms with Crippen molar-refractivity contribution in [2.75, 3.05) is 50.5 Å². The van der Waals surface area contributed by atoms with Gasteiger partial charge in [0.15, 0.2) is 0 Å². The van der Waals surface area contributed by atoms with Crippen LogP contribution in [0.4, 0.5) is 11.4 Å². The van der Waals surface area contributed by atoms with Crippen LogP contribution in [-0.4, -0.2) is 62.5 Å². The number of nitrogens with zero attached hydrogens (tertiary/aromatic N) is 1. The summed E-state index contributed by atoms with van der Waals surface area (Å²) in [5.41, 5.74) is 2.43. The topological polar surface area (TPSA) is 99.8 Å². The van der Waals surface area contributed by atoms with Crippen LogP contribution < -0.4 is 16.0 Å². The maximum atomic E-state index is 12.4. The number of hydrogen-bond acceptors (Lipinski definition) is 5. The molecule has 2 aromatic carbocycles. The SMILES string of the molecule is COCCCNC(=O)c1cccc(NC(=O)CNc2ccc(C(=O)N3CCCC3)cc2)c1. The van der Waals surface area contributed by atoms with E-state index in [0.29, 0.717) is 30.0 Å². The molecule has 0 aliphatic carbocycles. The number of ether oxygens (including phenoxy) is 1. The van der Waals surface area contributed by atoms with Crippen LogP contribution in [0.25, 0.3) is 0 Å². The fourth-order valence-corrected chi connectivity index (χ4v) is 3.48. The number of hydrogen-bond donors (Lipinski definition) is 3. The van der Waals surface area contributed by atoms with Crippen molar-refractivity contribution in [2.24, 2.45) is 0 Å². The third-order valence-corrected chi connectivity index (χ3v) is 5.20. The average molecular weight is 439 g/mol. The van der Waals surface area contributed by atoms with Gasteiger partial charge in [-0.3, -0.25) is 14.4 Å². The molecule has 170 valence electrons. The number of carbonyl (C=O) groups excluding carboxylic acids is 3. The smallest absolute Gasteiger partial charge is 0.253 e. The molecule has 0 unspecified atom stereocenters. The van der Waals surface area contributed by atoms with E-state index in [2.05, 4.69) is 16.0 Å². The number of rotatable bonds is 10. The van der Waals surface area contributed by atoms with Crippen LogP contribution in [0, 0.1) is 0 Å². The Labute approximate surface area is 188 Å². The lowest BCUT2D eigenvalue weighted by molar-refractivity contribution is -0.114. The maximum Gasteiger partial charge on any atom is 0.253 e. The van der Waals surface area contributed by atoms with Gasteiger partial charge in [0.25, 0.3) is 11.8 Å². The standard InChI is InChI=1S/C24H30N4O4/c1-32-15-5-12-25-23(30)19-6-4-7-21(16-19)27-22(29)17-26-20-10-8-18(9-11-20)24(31)28-13-2-3-14-28/h4,6-11,16,26H,2-3,5,12-15,17H2,1H3,(H,25,30)(H,27,29). The summed E-state index contributed by atoms with van der Waals surface area (Å²) in [6, 6.07) is 13.9. The molecule has 3 rings (SSSR count). The quantitative estimate of drug-likeness (QED) is 0.496. The molecule has 1 saturated heterocycles. The Kier molecular flexibility index (Phi) is 8.62. The number of nitrogens with one attached hydrogen (secondary N) is 3. The van der Waals surface area contributed by atoms with E-state index in [-0.39, 0.29) is 24.3 Å². The van der Waals surface area contributed by atoms with Crippen molar-refractivity contribution in [1.29, 1.82) is 0 Å². The van der Waals surface area contributed by atoms with Gasteiger partial charge in [0.05, 0.1) is 6.54 Å². The summed E-state index contributed by atoms with van der Waals surface area (Å²) in [4.78, 5) is 38.8. The van der Waals surface area contributed by atoms with Crippen LogP contribution in [0.2, 0.25) is 0 Å². The second kappa shape index (κ2) is 11.9. The van der Waals surface area contributed by atoms with Crippen molar-refractivity contribution in [3.63, 3.8) is 0 Å². The third-order valence-electron chi connectivity index (χ3n) is 5.20. The van der Waals surface area contributed by atoms with Gasteiger partial charge in [0.1, 0.15) is 0 Å². The minimum atomic E-state index is -0.236. The highest BCUT2D eigenvalue weighted by molar-refractivity contribution is 5.98. The molecule has 0 bridgehead atoms. The second-order valence-corrected chi connectivity index (χ2v) is 7.66. The van der Waals surface area contributed by atoms with E-state index < -0.39 is 0 Å². The number of benzene rings is 2. The van der Waals surface area contributed by atoms with Gasteiger partial charge in [-0.2, -0.15) is 0 Å². The zero-order valence-electron chi connectivity index (χ0n) is 18.4. The summed E-state index contributed by atoms with van der Waals surface area (Å²) in [7, 11) is 1.62. The zero-order valence-corrected chi connectivity index (χ0v) is 18.4. The van der Waals surface area contributed by atoms with Crippen LogP contribution in [0.3, 0.4) is 0 Å². The number of likely N-dealkylation sites (tertiary alicyclic amines) is 1. The summed E-state index contributed by atoms with van der Waals surface area (Å²) < 4.78 is 4.96. The van der Waals surface area contributed by atoms with Crippen molar-refractivity contribution >= 4 is 29.1 Å². The molecule has 1 aliphatic rings. The lowest BCUT2D eigenvalue weighted by atomic mass is 10.2. The van der Waals surface area contributed by atoms with Crippen molar-refractivity contribution < 1.29 is 19.1 Å². The predicted octanol–water partition coefficient (Wildman–Crippen LogP) is 2.74. The minimum Gasteiger partial charge on any atom is -0.385 e. The average Bonchev–Trinajstić information content (AvgIpc) is 3.35. The minimum absolute atomic E-state index is 0.0504. The molecule has 3 amide bonds. The first-order chi connectivity index (χ1) is 15.6. The fourth-order valence-electron chi connectivity index (χ4n) is 3.48. The molecular formula is C24H30N4O4. The monoisotopic (exact) mass is 438 g/mol. The Morgan fingerprint density at radius 2 is 1.72 bits per heavy atom. The Bertz CT molecular complexity index is 924. The molecule has 32 heavy (non-hydrogen) atoms. The predicted molar refractivity (Wildman–Crippen MR) is 124 cm³/mol. The first kappa shape index (κ1) is 23.3. The van der Waals surface area contributed by atoms with Crippen molar-refractivity contribution in [1.82, 2.24) is 10.2 Å². The highest BCUT2D eigenvalue weighted by Crippen LogP contribution is 2.16. The van der Waals surface area contributed by atoms with Gasteiger partial charge in [-0.15, -0.1) is 0 Å². The van der Waals surface area contributed by atoms with Gasteiger partial charge in [0, 0.05) is 55.9 Å². The summed E-state index contributed by atoms with van der Waals surface area (Å²) >= 11 is 0. The van der Waals surface area contributed by atoms with Gasteiger partial charge < -0.3 is 25.6 Å². The Morgan fingerprint density at radius 3 is 2.44 bits per heavy atom. The Morgan fingerprint density at radius 1 is 0.969 bits per heavy atom. The molecule has 2 aromatic rings. The Hall–Kier alpha value is -3.39. The van der Waals surface area contributed by atoms with Gasteiger partial charge >= 0.3 is 0 Å². The largest absolute Gasteiger partial charge is 0.385 e. The van der Waals surface area contributed by atoms with E-state index in [1.54, 1.807) is 55.6 Å². The van der Waals surface area contributed by atoms with Crippen LogP contribution in [0.5, 0.6) is 0 Å².